The molecule has 2 fully saturated rings. The third-order valence-electron chi connectivity index (χ3n) is 5.17. The molecule has 1 unspecified atom stereocenters. The Morgan fingerprint density at radius 2 is 1.89 bits per heavy atom. The van der Waals surface area contributed by atoms with E-state index in [0.29, 0.717) is 32.6 Å². The minimum Gasteiger partial charge on any atom is -0.506 e. The zero-order valence-corrected chi connectivity index (χ0v) is 15.6. The number of hydrogen-bond acceptors (Lipinski definition) is 6. The van der Waals surface area contributed by atoms with E-state index in [2.05, 4.69) is 15.6 Å². The van der Waals surface area contributed by atoms with E-state index in [4.69, 9.17) is 0 Å². The highest BCUT2D eigenvalue weighted by Gasteiger charge is 2.47. The van der Waals surface area contributed by atoms with E-state index in [0.717, 1.165) is 10.7 Å². The van der Waals surface area contributed by atoms with Gasteiger partial charge in [0.25, 0.3) is 11.8 Å². The molecule has 0 bridgehead atoms. The maximum absolute atomic E-state index is 12.3. The molecule has 0 saturated carbocycles. The van der Waals surface area contributed by atoms with Crippen molar-refractivity contribution in [3.8, 4) is 5.75 Å². The van der Waals surface area contributed by atoms with Crippen LogP contribution in [-0.2, 0) is 9.59 Å². The van der Waals surface area contributed by atoms with Crippen molar-refractivity contribution in [2.24, 2.45) is 0 Å². The Balaban J connectivity index is 1.51. The maximum Gasteiger partial charge on any atom is 0.344 e. The predicted octanol–water partition coefficient (Wildman–Crippen LogP) is 0.266. The number of benzene rings is 1. The topological polar surface area (TPSA) is 105 Å². The smallest absolute Gasteiger partial charge is 0.344 e. The molecular weight excluding hydrogens is 350 g/mol. The number of urea groups is 1. The Hall–Kier alpha value is -2.81. The Morgan fingerprint density at radius 3 is 2.48 bits per heavy atom. The number of aromatic hydroxyl groups is 1. The van der Waals surface area contributed by atoms with Crippen molar-refractivity contribution in [1.82, 2.24) is 20.7 Å². The average molecular weight is 375 g/mol. The molecule has 0 aliphatic carbocycles. The van der Waals surface area contributed by atoms with Gasteiger partial charge in [0.2, 0.25) is 0 Å². The van der Waals surface area contributed by atoms with E-state index >= 15 is 0 Å². The SMILES string of the molecule is CCC1(C)NC(=O)N(NC(=O)CN2CCN(c3ccccc3O)CC2)C1=O. The van der Waals surface area contributed by atoms with Gasteiger partial charge in [0.1, 0.15) is 11.3 Å². The van der Waals surface area contributed by atoms with Crippen LogP contribution >= 0.6 is 0 Å². The van der Waals surface area contributed by atoms with E-state index in [1.165, 1.54) is 0 Å². The van der Waals surface area contributed by atoms with Gasteiger partial charge in [-0.15, -0.1) is 0 Å². The number of nitrogens with zero attached hydrogens (tertiary/aromatic N) is 3. The molecule has 1 atom stereocenters. The van der Waals surface area contributed by atoms with Crippen LogP contribution in [0.5, 0.6) is 5.75 Å². The van der Waals surface area contributed by atoms with Crippen LogP contribution in [0.3, 0.4) is 0 Å². The van der Waals surface area contributed by atoms with Gasteiger partial charge in [-0.05, 0) is 25.5 Å². The van der Waals surface area contributed by atoms with Gasteiger partial charge in [0, 0.05) is 26.2 Å². The number of carbonyl (C=O) groups excluding carboxylic acids is 3. The first-order chi connectivity index (χ1) is 12.8. The number of phenolic OH excluding ortho intramolecular Hbond substituents is 1. The van der Waals surface area contributed by atoms with Crippen LogP contribution < -0.4 is 15.6 Å². The second kappa shape index (κ2) is 7.43. The van der Waals surface area contributed by atoms with Crippen molar-refractivity contribution in [3.05, 3.63) is 24.3 Å². The third kappa shape index (κ3) is 3.82. The van der Waals surface area contributed by atoms with Gasteiger partial charge in [-0.3, -0.25) is 19.9 Å². The number of para-hydroxylation sites is 2. The molecule has 3 N–H and O–H groups in total. The molecule has 0 aromatic heterocycles. The van der Waals surface area contributed by atoms with Crippen LogP contribution in [0.2, 0.25) is 0 Å². The molecule has 9 heteroatoms. The van der Waals surface area contributed by atoms with Crippen LogP contribution in [0.15, 0.2) is 24.3 Å². The second-order valence-electron chi connectivity index (χ2n) is 7.04. The van der Waals surface area contributed by atoms with Crippen LogP contribution in [0.25, 0.3) is 0 Å². The minimum atomic E-state index is -0.978. The molecule has 2 aliphatic rings. The second-order valence-corrected chi connectivity index (χ2v) is 7.04. The van der Waals surface area contributed by atoms with E-state index < -0.39 is 23.4 Å². The predicted molar refractivity (Wildman–Crippen MR) is 99.0 cm³/mol. The first-order valence-electron chi connectivity index (χ1n) is 9.05. The number of carbonyl (C=O) groups is 3. The molecule has 2 saturated heterocycles. The number of hydrogen-bond donors (Lipinski definition) is 3. The molecule has 27 heavy (non-hydrogen) atoms. The number of phenols is 1. The molecule has 2 heterocycles. The summed E-state index contributed by atoms with van der Waals surface area (Å²) in [6.45, 7) is 6.13. The lowest BCUT2D eigenvalue weighted by atomic mass is 10.00. The largest absolute Gasteiger partial charge is 0.506 e. The van der Waals surface area contributed by atoms with Gasteiger partial charge in [-0.1, -0.05) is 19.1 Å². The number of nitrogens with one attached hydrogen (secondary N) is 2. The number of piperazine rings is 1. The number of anilines is 1. The van der Waals surface area contributed by atoms with Crippen molar-refractivity contribution in [1.29, 1.82) is 0 Å². The van der Waals surface area contributed by atoms with Gasteiger partial charge in [0.15, 0.2) is 0 Å². The Kier molecular flexibility index (Phi) is 5.22. The van der Waals surface area contributed by atoms with E-state index in [1.807, 2.05) is 17.0 Å². The van der Waals surface area contributed by atoms with Gasteiger partial charge in [-0.2, -0.15) is 5.01 Å². The Bertz CT molecular complexity index is 747. The molecule has 9 nitrogen and oxygen atoms in total. The third-order valence-corrected chi connectivity index (χ3v) is 5.17. The Morgan fingerprint density at radius 1 is 1.22 bits per heavy atom. The maximum atomic E-state index is 12.3. The zero-order chi connectivity index (χ0) is 19.6. The molecule has 0 radical (unpaired) electrons. The number of imide groups is 1. The summed E-state index contributed by atoms with van der Waals surface area (Å²) < 4.78 is 0. The van der Waals surface area contributed by atoms with Crippen molar-refractivity contribution in [2.45, 2.75) is 25.8 Å². The van der Waals surface area contributed by atoms with Gasteiger partial charge < -0.3 is 15.3 Å². The monoisotopic (exact) mass is 375 g/mol. The van der Waals surface area contributed by atoms with Crippen LogP contribution in [0.1, 0.15) is 20.3 Å². The number of rotatable bonds is 5. The van der Waals surface area contributed by atoms with Crippen LogP contribution in [-0.4, -0.2) is 71.1 Å². The molecule has 1 aromatic rings. The van der Waals surface area contributed by atoms with Crippen molar-refractivity contribution in [2.75, 3.05) is 37.6 Å². The summed E-state index contributed by atoms with van der Waals surface area (Å²) in [6, 6.07) is 6.55. The lowest BCUT2D eigenvalue weighted by Gasteiger charge is -2.36. The summed E-state index contributed by atoms with van der Waals surface area (Å²) >= 11 is 0. The standard InChI is InChI=1S/C18H25N5O4/c1-3-18(2)16(26)23(17(27)19-18)20-15(25)12-21-8-10-22(11-9-21)13-6-4-5-7-14(13)24/h4-7,24H,3,8-12H2,1-2H3,(H,19,27)(H,20,25). The molecule has 0 spiro atoms. The molecular formula is C18H25N5O4. The quantitative estimate of drug-likeness (QED) is 0.638. The summed E-state index contributed by atoms with van der Waals surface area (Å²) in [7, 11) is 0. The highest BCUT2D eigenvalue weighted by molar-refractivity contribution is 6.07. The molecule has 2 aliphatic heterocycles. The molecule has 3 rings (SSSR count). The number of hydrazine groups is 1. The fourth-order valence-corrected chi connectivity index (χ4v) is 3.27. The average Bonchev–Trinajstić information content (AvgIpc) is 2.87. The summed E-state index contributed by atoms with van der Waals surface area (Å²) in [4.78, 5) is 40.6. The Labute approximate surface area is 157 Å². The normalized spacial score (nSPS) is 23.5. The molecule has 1 aromatic carbocycles. The van der Waals surface area contributed by atoms with Crippen LogP contribution in [0, 0.1) is 0 Å². The fraction of sp³-hybridized carbons (Fsp3) is 0.500. The highest BCUT2D eigenvalue weighted by atomic mass is 16.3. The summed E-state index contributed by atoms with van der Waals surface area (Å²) in [5.41, 5.74) is 2.20. The van der Waals surface area contributed by atoms with Gasteiger partial charge in [0.05, 0.1) is 12.2 Å². The highest BCUT2D eigenvalue weighted by Crippen LogP contribution is 2.27. The van der Waals surface area contributed by atoms with Crippen LogP contribution in [0.4, 0.5) is 10.5 Å². The van der Waals surface area contributed by atoms with E-state index in [-0.39, 0.29) is 12.3 Å². The summed E-state index contributed by atoms with van der Waals surface area (Å²) in [5.74, 6) is -0.621. The number of amides is 4. The summed E-state index contributed by atoms with van der Waals surface area (Å²) in [6.07, 6.45) is 0.443. The fourth-order valence-electron chi connectivity index (χ4n) is 3.27. The minimum absolute atomic E-state index is 0.0918. The first-order valence-corrected chi connectivity index (χ1v) is 9.05. The van der Waals surface area contributed by atoms with E-state index in [9.17, 15) is 19.5 Å². The van der Waals surface area contributed by atoms with Crippen molar-refractivity contribution < 1.29 is 19.5 Å². The molecule has 146 valence electrons. The van der Waals surface area contributed by atoms with Crippen molar-refractivity contribution >= 4 is 23.5 Å². The van der Waals surface area contributed by atoms with Gasteiger partial charge >= 0.3 is 6.03 Å². The first kappa shape index (κ1) is 19.0. The lowest BCUT2D eigenvalue weighted by Crippen LogP contribution is -2.54. The van der Waals surface area contributed by atoms with Crippen molar-refractivity contribution in [3.63, 3.8) is 0 Å². The molecule has 4 amide bonds. The lowest BCUT2D eigenvalue weighted by molar-refractivity contribution is -0.139. The zero-order valence-electron chi connectivity index (χ0n) is 15.6. The van der Waals surface area contributed by atoms with Gasteiger partial charge in [-0.25, -0.2) is 4.79 Å². The van der Waals surface area contributed by atoms with E-state index in [1.54, 1.807) is 26.0 Å². The summed E-state index contributed by atoms with van der Waals surface area (Å²) in [5, 5.41) is 13.3.